The lowest BCUT2D eigenvalue weighted by Crippen LogP contribution is -2.47. The van der Waals surface area contributed by atoms with Crippen LogP contribution in [-0.2, 0) is 9.53 Å². The Morgan fingerprint density at radius 3 is 2.59 bits per heavy atom. The maximum atomic E-state index is 11.8. The third-order valence-electron chi connectivity index (χ3n) is 2.27. The monoisotopic (exact) mass is 246 g/mol. The number of carbonyl (C=O) groups excluding carboxylic acids is 1. The number of hydrogen-bond donors (Lipinski definition) is 2. The van der Waals surface area contributed by atoms with Crippen molar-refractivity contribution in [1.29, 1.82) is 0 Å². The van der Waals surface area contributed by atoms with Gasteiger partial charge in [0.25, 0.3) is 0 Å². The number of carbonyl (C=O) groups is 2. The van der Waals surface area contributed by atoms with Gasteiger partial charge in [0.1, 0.15) is 6.54 Å². The van der Waals surface area contributed by atoms with Gasteiger partial charge in [-0.05, 0) is 13.3 Å². The molecule has 0 heterocycles. The lowest BCUT2D eigenvalue weighted by molar-refractivity contribution is -0.137. The average Bonchev–Trinajstić information content (AvgIpc) is 2.23. The van der Waals surface area contributed by atoms with E-state index in [0.717, 1.165) is 12.8 Å². The SMILES string of the molecule is CCCC(C)NC(=O)N(CCOC)CC(=O)O. The molecule has 0 radical (unpaired) electrons. The van der Waals surface area contributed by atoms with Crippen LogP contribution in [0.25, 0.3) is 0 Å². The minimum absolute atomic E-state index is 0.0475. The summed E-state index contributed by atoms with van der Waals surface area (Å²) in [6.45, 7) is 4.21. The van der Waals surface area contributed by atoms with Crippen molar-refractivity contribution in [2.75, 3.05) is 26.8 Å². The van der Waals surface area contributed by atoms with Crippen molar-refractivity contribution >= 4 is 12.0 Å². The van der Waals surface area contributed by atoms with Crippen LogP contribution in [0.3, 0.4) is 0 Å². The van der Waals surface area contributed by atoms with Crippen LogP contribution in [0, 0.1) is 0 Å². The molecule has 1 atom stereocenters. The highest BCUT2D eigenvalue weighted by molar-refractivity contribution is 5.80. The van der Waals surface area contributed by atoms with E-state index in [1.54, 1.807) is 0 Å². The van der Waals surface area contributed by atoms with E-state index in [4.69, 9.17) is 9.84 Å². The third kappa shape index (κ3) is 7.57. The first-order chi connectivity index (χ1) is 8.01. The third-order valence-corrected chi connectivity index (χ3v) is 2.27. The van der Waals surface area contributed by atoms with Crippen molar-refractivity contribution in [2.24, 2.45) is 0 Å². The molecule has 0 spiro atoms. The summed E-state index contributed by atoms with van der Waals surface area (Å²) in [6, 6.07) is -0.309. The van der Waals surface area contributed by atoms with E-state index in [0.29, 0.717) is 6.61 Å². The van der Waals surface area contributed by atoms with Gasteiger partial charge < -0.3 is 20.1 Å². The Labute approximate surface area is 102 Å². The van der Waals surface area contributed by atoms with E-state index in [-0.39, 0.29) is 25.2 Å². The molecule has 2 amide bonds. The predicted octanol–water partition coefficient (Wildman–Crippen LogP) is 0.918. The van der Waals surface area contributed by atoms with Crippen molar-refractivity contribution in [1.82, 2.24) is 10.2 Å². The Morgan fingerprint density at radius 1 is 1.47 bits per heavy atom. The lowest BCUT2D eigenvalue weighted by Gasteiger charge is -2.23. The number of hydrogen-bond acceptors (Lipinski definition) is 3. The first kappa shape index (κ1) is 15.7. The van der Waals surface area contributed by atoms with E-state index in [1.807, 2.05) is 13.8 Å². The highest BCUT2D eigenvalue weighted by atomic mass is 16.5. The summed E-state index contributed by atoms with van der Waals surface area (Å²) in [5.74, 6) is -1.03. The molecule has 17 heavy (non-hydrogen) atoms. The number of aliphatic carboxylic acids is 1. The number of urea groups is 1. The van der Waals surface area contributed by atoms with Crippen LogP contribution in [0.4, 0.5) is 4.79 Å². The van der Waals surface area contributed by atoms with Crippen molar-refractivity contribution in [3.8, 4) is 0 Å². The standard InChI is InChI=1S/C11H22N2O4/c1-4-5-9(2)12-11(16)13(6-7-17-3)8-10(14)15/h9H,4-8H2,1-3H3,(H,12,16)(H,14,15). The van der Waals surface area contributed by atoms with E-state index in [1.165, 1.54) is 12.0 Å². The van der Waals surface area contributed by atoms with Crippen LogP contribution in [0.15, 0.2) is 0 Å². The van der Waals surface area contributed by atoms with E-state index < -0.39 is 5.97 Å². The Morgan fingerprint density at radius 2 is 2.12 bits per heavy atom. The molecular weight excluding hydrogens is 224 g/mol. The molecule has 0 bridgehead atoms. The lowest BCUT2D eigenvalue weighted by atomic mass is 10.2. The largest absolute Gasteiger partial charge is 0.480 e. The zero-order valence-electron chi connectivity index (χ0n) is 10.7. The zero-order valence-corrected chi connectivity index (χ0v) is 10.7. The quantitative estimate of drug-likeness (QED) is 0.667. The minimum Gasteiger partial charge on any atom is -0.480 e. The number of rotatable bonds is 8. The summed E-state index contributed by atoms with van der Waals surface area (Å²) in [6.07, 6.45) is 1.84. The number of nitrogens with zero attached hydrogens (tertiary/aromatic N) is 1. The Hall–Kier alpha value is -1.30. The molecule has 2 N–H and O–H groups in total. The molecule has 1 unspecified atom stereocenters. The molecule has 0 rings (SSSR count). The molecule has 6 nitrogen and oxygen atoms in total. The van der Waals surface area contributed by atoms with Crippen molar-refractivity contribution < 1.29 is 19.4 Å². The second kappa shape index (κ2) is 8.81. The summed E-state index contributed by atoms with van der Waals surface area (Å²) < 4.78 is 4.84. The molecule has 0 aliphatic carbocycles. The molecule has 6 heteroatoms. The maximum absolute atomic E-state index is 11.8. The molecule has 100 valence electrons. The summed E-state index contributed by atoms with van der Waals surface area (Å²) in [4.78, 5) is 23.6. The van der Waals surface area contributed by atoms with Crippen LogP contribution in [0.2, 0.25) is 0 Å². The highest BCUT2D eigenvalue weighted by Gasteiger charge is 2.17. The van der Waals surface area contributed by atoms with E-state index >= 15 is 0 Å². The van der Waals surface area contributed by atoms with Crippen molar-refractivity contribution in [3.63, 3.8) is 0 Å². The van der Waals surface area contributed by atoms with Gasteiger partial charge in [0.05, 0.1) is 6.61 Å². The molecule has 0 aromatic carbocycles. The van der Waals surface area contributed by atoms with Gasteiger partial charge in [-0.1, -0.05) is 13.3 Å². The molecule has 0 aliphatic heterocycles. The van der Waals surface area contributed by atoms with Crippen LogP contribution in [0.1, 0.15) is 26.7 Å². The van der Waals surface area contributed by atoms with Gasteiger partial charge in [0.2, 0.25) is 0 Å². The molecule has 0 saturated heterocycles. The molecule has 0 aromatic heterocycles. The molecule has 0 fully saturated rings. The van der Waals surface area contributed by atoms with Gasteiger partial charge in [0, 0.05) is 19.7 Å². The second-order valence-electron chi connectivity index (χ2n) is 3.95. The first-order valence-electron chi connectivity index (χ1n) is 5.77. The van der Waals surface area contributed by atoms with Gasteiger partial charge in [-0.15, -0.1) is 0 Å². The van der Waals surface area contributed by atoms with Gasteiger partial charge >= 0.3 is 12.0 Å². The number of carboxylic acids is 1. The highest BCUT2D eigenvalue weighted by Crippen LogP contribution is 1.97. The Kier molecular flexibility index (Phi) is 8.13. The maximum Gasteiger partial charge on any atom is 0.323 e. The predicted molar refractivity (Wildman–Crippen MR) is 64.0 cm³/mol. The second-order valence-corrected chi connectivity index (χ2v) is 3.95. The summed E-state index contributed by atoms with van der Waals surface area (Å²) in [7, 11) is 1.51. The van der Waals surface area contributed by atoms with Crippen LogP contribution in [0.5, 0.6) is 0 Å². The number of amides is 2. The van der Waals surface area contributed by atoms with Gasteiger partial charge in [-0.25, -0.2) is 4.79 Å². The Bertz CT molecular complexity index is 246. The topological polar surface area (TPSA) is 78.9 Å². The fourth-order valence-electron chi connectivity index (χ4n) is 1.42. The van der Waals surface area contributed by atoms with Gasteiger partial charge in [-0.3, -0.25) is 4.79 Å². The van der Waals surface area contributed by atoms with Crippen LogP contribution >= 0.6 is 0 Å². The van der Waals surface area contributed by atoms with E-state index in [9.17, 15) is 9.59 Å². The number of methoxy groups -OCH3 is 1. The van der Waals surface area contributed by atoms with Gasteiger partial charge in [0.15, 0.2) is 0 Å². The molecule has 0 aliphatic rings. The summed E-state index contributed by atoms with van der Waals surface area (Å²) >= 11 is 0. The molecule has 0 aromatic rings. The fourth-order valence-corrected chi connectivity index (χ4v) is 1.42. The fraction of sp³-hybridized carbons (Fsp3) is 0.818. The summed E-state index contributed by atoms with van der Waals surface area (Å²) in [5.41, 5.74) is 0. The summed E-state index contributed by atoms with van der Waals surface area (Å²) in [5, 5.41) is 11.5. The van der Waals surface area contributed by atoms with Crippen molar-refractivity contribution in [2.45, 2.75) is 32.7 Å². The first-order valence-corrected chi connectivity index (χ1v) is 5.77. The minimum atomic E-state index is -1.03. The number of carboxylic acid groups (broad SMARTS) is 1. The van der Waals surface area contributed by atoms with Gasteiger partial charge in [-0.2, -0.15) is 0 Å². The number of ether oxygens (including phenoxy) is 1. The smallest absolute Gasteiger partial charge is 0.323 e. The van der Waals surface area contributed by atoms with Crippen LogP contribution in [-0.4, -0.2) is 54.9 Å². The molecular formula is C11H22N2O4. The molecule has 0 saturated carbocycles. The zero-order chi connectivity index (χ0) is 13.3. The van der Waals surface area contributed by atoms with E-state index in [2.05, 4.69) is 5.32 Å². The van der Waals surface area contributed by atoms with Crippen molar-refractivity contribution in [3.05, 3.63) is 0 Å². The average molecular weight is 246 g/mol. The Balaban J connectivity index is 4.25. The normalized spacial score (nSPS) is 11.9. The number of nitrogens with one attached hydrogen (secondary N) is 1. The van der Waals surface area contributed by atoms with Crippen LogP contribution < -0.4 is 5.32 Å².